The second-order valence-corrected chi connectivity index (χ2v) is 4.39. The van der Waals surface area contributed by atoms with E-state index in [1.54, 1.807) is 0 Å². The van der Waals surface area contributed by atoms with Gasteiger partial charge in [0.25, 0.3) is 0 Å². The van der Waals surface area contributed by atoms with Crippen LogP contribution >= 0.6 is 0 Å². The Morgan fingerprint density at radius 2 is 1.83 bits per heavy atom. The van der Waals surface area contributed by atoms with Crippen LogP contribution in [0.2, 0.25) is 0 Å². The Labute approximate surface area is 88.7 Å². The zero-order valence-electron chi connectivity index (χ0n) is 8.59. The predicted molar refractivity (Wildman–Crippen MR) is 47.3 cm³/mol. The van der Waals surface area contributed by atoms with Crippen LogP contribution in [0.4, 0.5) is 0 Å². The Balaban J connectivity index is 0.00000121. The van der Waals surface area contributed by atoms with Crippen molar-refractivity contribution in [3.05, 3.63) is 0 Å². The van der Waals surface area contributed by atoms with Gasteiger partial charge in [0.15, 0.2) is 0 Å². The van der Waals surface area contributed by atoms with Gasteiger partial charge in [-0.05, 0) is 30.6 Å². The van der Waals surface area contributed by atoms with Gasteiger partial charge in [0.1, 0.15) is 0 Å². The van der Waals surface area contributed by atoms with Crippen LogP contribution in [0.5, 0.6) is 0 Å². The number of hydrogen-bond donors (Lipinski definition) is 1. The smallest absolute Gasteiger partial charge is 0.0573 e. The molecule has 68 valence electrons. The molecule has 1 fully saturated rings. The molecule has 0 aliphatic heterocycles. The summed E-state index contributed by atoms with van der Waals surface area (Å²) in [6.07, 6.45) is 3.52. The number of aliphatic hydroxyl groups is 1. The standard InChI is InChI=1S/C10H20O.Zn/c1-7(2)9-5-4-8(3)6-10(9)11;/h7-11H,4-6H2,1-3H3;. The van der Waals surface area contributed by atoms with Crippen LogP contribution in [0.1, 0.15) is 40.0 Å². The largest absolute Gasteiger partial charge is 0.393 e. The third-order valence-corrected chi connectivity index (χ3v) is 2.99. The van der Waals surface area contributed by atoms with Gasteiger partial charge in [-0.15, -0.1) is 0 Å². The quantitative estimate of drug-likeness (QED) is 0.675. The van der Waals surface area contributed by atoms with E-state index in [1.807, 2.05) is 0 Å². The molecule has 1 aliphatic rings. The summed E-state index contributed by atoms with van der Waals surface area (Å²) in [7, 11) is 0. The minimum Gasteiger partial charge on any atom is -0.393 e. The molecule has 0 heterocycles. The molecule has 1 N–H and O–H groups in total. The molecule has 0 amide bonds. The van der Waals surface area contributed by atoms with Gasteiger partial charge in [0.05, 0.1) is 6.10 Å². The Kier molecular flexibility index (Phi) is 5.60. The zero-order chi connectivity index (χ0) is 8.43. The first-order chi connectivity index (χ1) is 5.11. The molecule has 1 aliphatic carbocycles. The Morgan fingerprint density at radius 1 is 1.25 bits per heavy atom. The minimum atomic E-state index is -0.0289. The van der Waals surface area contributed by atoms with Gasteiger partial charge in [-0.3, -0.25) is 0 Å². The molecule has 1 rings (SSSR count). The summed E-state index contributed by atoms with van der Waals surface area (Å²) >= 11 is 0. The van der Waals surface area contributed by atoms with E-state index in [0.29, 0.717) is 11.8 Å². The fourth-order valence-corrected chi connectivity index (χ4v) is 2.15. The van der Waals surface area contributed by atoms with Gasteiger partial charge in [0, 0.05) is 19.5 Å². The van der Waals surface area contributed by atoms with Crippen LogP contribution in [-0.4, -0.2) is 11.2 Å². The van der Waals surface area contributed by atoms with Gasteiger partial charge in [-0.25, -0.2) is 0 Å². The summed E-state index contributed by atoms with van der Waals surface area (Å²) < 4.78 is 0. The Bertz CT molecular complexity index is 125. The average molecular weight is 222 g/mol. The Hall–Kier alpha value is 0.583. The van der Waals surface area contributed by atoms with E-state index in [2.05, 4.69) is 20.8 Å². The van der Waals surface area contributed by atoms with Crippen molar-refractivity contribution < 1.29 is 24.6 Å². The zero-order valence-corrected chi connectivity index (χ0v) is 11.6. The maximum atomic E-state index is 9.71. The second kappa shape index (κ2) is 5.34. The molecular weight excluding hydrogens is 201 g/mol. The molecule has 0 spiro atoms. The van der Waals surface area contributed by atoms with E-state index in [0.717, 1.165) is 12.3 Å². The molecule has 3 atom stereocenters. The first kappa shape index (κ1) is 12.6. The fourth-order valence-electron chi connectivity index (χ4n) is 2.15. The number of hydrogen-bond acceptors (Lipinski definition) is 1. The summed E-state index contributed by atoms with van der Waals surface area (Å²) in [6.45, 7) is 6.66. The normalized spacial score (nSPS) is 36.2. The van der Waals surface area contributed by atoms with Crippen molar-refractivity contribution in [2.24, 2.45) is 17.8 Å². The molecular formula is C10H20OZn. The van der Waals surface area contributed by atoms with E-state index < -0.39 is 0 Å². The predicted octanol–water partition coefficient (Wildman–Crippen LogP) is 2.44. The maximum absolute atomic E-state index is 9.71. The minimum absolute atomic E-state index is 0. The monoisotopic (exact) mass is 220 g/mol. The molecule has 1 nitrogen and oxygen atoms in total. The molecule has 2 heteroatoms. The molecule has 0 radical (unpaired) electrons. The first-order valence-corrected chi connectivity index (χ1v) is 4.79. The first-order valence-electron chi connectivity index (χ1n) is 4.79. The fraction of sp³-hybridized carbons (Fsp3) is 1.00. The SMILES string of the molecule is CC1CCC(C(C)C)C(O)C1.[Zn]. The van der Waals surface area contributed by atoms with Crippen LogP contribution < -0.4 is 0 Å². The molecule has 0 bridgehead atoms. The van der Waals surface area contributed by atoms with Crippen LogP contribution in [0.3, 0.4) is 0 Å². The van der Waals surface area contributed by atoms with Crippen molar-refractivity contribution >= 4 is 0 Å². The van der Waals surface area contributed by atoms with Gasteiger partial charge in [0.2, 0.25) is 0 Å². The van der Waals surface area contributed by atoms with E-state index in [9.17, 15) is 5.11 Å². The van der Waals surface area contributed by atoms with Crippen molar-refractivity contribution in [2.45, 2.75) is 46.1 Å². The van der Waals surface area contributed by atoms with Gasteiger partial charge >= 0.3 is 0 Å². The van der Waals surface area contributed by atoms with Crippen molar-refractivity contribution in [3.63, 3.8) is 0 Å². The van der Waals surface area contributed by atoms with E-state index in [4.69, 9.17) is 0 Å². The summed E-state index contributed by atoms with van der Waals surface area (Å²) in [6, 6.07) is 0. The summed E-state index contributed by atoms with van der Waals surface area (Å²) in [5, 5.41) is 9.71. The van der Waals surface area contributed by atoms with Crippen LogP contribution in [-0.2, 0) is 19.5 Å². The molecule has 0 aromatic carbocycles. The summed E-state index contributed by atoms with van der Waals surface area (Å²) in [4.78, 5) is 0. The van der Waals surface area contributed by atoms with E-state index >= 15 is 0 Å². The topological polar surface area (TPSA) is 20.2 Å². The van der Waals surface area contributed by atoms with Crippen molar-refractivity contribution in [1.82, 2.24) is 0 Å². The summed E-state index contributed by atoms with van der Waals surface area (Å²) in [5.41, 5.74) is 0. The van der Waals surface area contributed by atoms with Crippen molar-refractivity contribution in [2.75, 3.05) is 0 Å². The molecule has 0 aromatic rings. The molecule has 3 unspecified atom stereocenters. The van der Waals surface area contributed by atoms with Crippen LogP contribution in [0.25, 0.3) is 0 Å². The van der Waals surface area contributed by atoms with Gasteiger partial charge in [-0.2, -0.15) is 0 Å². The summed E-state index contributed by atoms with van der Waals surface area (Å²) in [5.74, 6) is 1.95. The maximum Gasteiger partial charge on any atom is 0.0573 e. The molecule has 0 saturated heterocycles. The van der Waals surface area contributed by atoms with E-state index in [1.165, 1.54) is 12.8 Å². The molecule has 0 aromatic heterocycles. The van der Waals surface area contributed by atoms with Gasteiger partial charge in [-0.1, -0.05) is 27.2 Å². The molecule has 12 heavy (non-hydrogen) atoms. The van der Waals surface area contributed by atoms with Crippen LogP contribution in [0, 0.1) is 17.8 Å². The molecule has 1 saturated carbocycles. The average Bonchev–Trinajstić information content (AvgIpc) is 1.85. The second-order valence-electron chi connectivity index (χ2n) is 4.39. The van der Waals surface area contributed by atoms with Crippen molar-refractivity contribution in [3.8, 4) is 0 Å². The third-order valence-electron chi connectivity index (χ3n) is 2.99. The van der Waals surface area contributed by atoms with Crippen molar-refractivity contribution in [1.29, 1.82) is 0 Å². The number of rotatable bonds is 1. The third kappa shape index (κ3) is 3.14. The van der Waals surface area contributed by atoms with E-state index in [-0.39, 0.29) is 25.6 Å². The van der Waals surface area contributed by atoms with Gasteiger partial charge < -0.3 is 5.11 Å². The number of aliphatic hydroxyl groups excluding tert-OH is 1. The Morgan fingerprint density at radius 3 is 2.25 bits per heavy atom. The van der Waals surface area contributed by atoms with Crippen LogP contribution in [0.15, 0.2) is 0 Å².